The van der Waals surface area contributed by atoms with Crippen LogP contribution in [0.15, 0.2) is 73.1 Å². The van der Waals surface area contributed by atoms with Crippen LogP contribution in [0.3, 0.4) is 0 Å². The molecule has 0 saturated heterocycles. The van der Waals surface area contributed by atoms with Crippen LogP contribution in [0.5, 0.6) is 0 Å². The summed E-state index contributed by atoms with van der Waals surface area (Å²) >= 11 is 0. The van der Waals surface area contributed by atoms with Gasteiger partial charge in [-0.25, -0.2) is 0 Å². The van der Waals surface area contributed by atoms with Crippen molar-refractivity contribution in [3.63, 3.8) is 0 Å². The normalized spacial score (nSPS) is 10.4. The van der Waals surface area contributed by atoms with E-state index in [1.807, 2.05) is 49.4 Å². The van der Waals surface area contributed by atoms with Gasteiger partial charge in [-0.05, 0) is 42.5 Å². The summed E-state index contributed by atoms with van der Waals surface area (Å²) < 4.78 is 0. The maximum atomic E-state index is 12.4. The average Bonchev–Trinajstić information content (AvgIpc) is 2.76. The van der Waals surface area contributed by atoms with Gasteiger partial charge < -0.3 is 10.6 Å². The van der Waals surface area contributed by atoms with Gasteiger partial charge in [0, 0.05) is 25.5 Å². The standard InChI is InChI=1S/C24H25N3O2/c1-18-8-5-6-12-20(18)17-27-24(29)22-14-21(15-25-16-22)23(28)26-13-7-11-19-9-3-2-4-10-19/h2-6,8-10,12,14-16H,7,11,13,17H2,1H3,(H,26,28)(H,27,29). The summed E-state index contributed by atoms with van der Waals surface area (Å²) in [4.78, 5) is 28.9. The lowest BCUT2D eigenvalue weighted by Gasteiger charge is -2.09. The summed E-state index contributed by atoms with van der Waals surface area (Å²) in [5.41, 5.74) is 4.18. The number of benzene rings is 2. The molecule has 0 aliphatic heterocycles. The molecule has 0 aliphatic carbocycles. The molecule has 3 aromatic rings. The molecule has 0 aliphatic rings. The highest BCUT2D eigenvalue weighted by Crippen LogP contribution is 2.08. The minimum absolute atomic E-state index is 0.223. The smallest absolute Gasteiger partial charge is 0.253 e. The molecule has 0 saturated carbocycles. The van der Waals surface area contributed by atoms with Gasteiger partial charge >= 0.3 is 0 Å². The first kappa shape index (κ1) is 20.3. The quantitative estimate of drug-likeness (QED) is 0.579. The van der Waals surface area contributed by atoms with Gasteiger partial charge in [-0.15, -0.1) is 0 Å². The van der Waals surface area contributed by atoms with Crippen molar-refractivity contribution in [3.8, 4) is 0 Å². The average molecular weight is 387 g/mol. The maximum Gasteiger partial charge on any atom is 0.253 e. The molecule has 5 nitrogen and oxygen atoms in total. The molecular weight excluding hydrogens is 362 g/mol. The number of nitrogens with zero attached hydrogens (tertiary/aromatic N) is 1. The Morgan fingerprint density at radius 3 is 2.24 bits per heavy atom. The van der Waals surface area contributed by atoms with Crippen molar-refractivity contribution >= 4 is 11.8 Å². The van der Waals surface area contributed by atoms with Crippen molar-refractivity contribution < 1.29 is 9.59 Å². The molecule has 0 radical (unpaired) electrons. The molecule has 1 aromatic heterocycles. The first-order valence-electron chi connectivity index (χ1n) is 9.73. The Labute approximate surface area is 171 Å². The highest BCUT2D eigenvalue weighted by atomic mass is 16.2. The van der Waals surface area contributed by atoms with Gasteiger partial charge in [0.05, 0.1) is 11.1 Å². The van der Waals surface area contributed by atoms with Gasteiger partial charge in [-0.1, -0.05) is 54.6 Å². The van der Waals surface area contributed by atoms with Crippen LogP contribution in [0.4, 0.5) is 0 Å². The van der Waals surface area contributed by atoms with E-state index >= 15 is 0 Å². The van der Waals surface area contributed by atoms with Gasteiger partial charge in [-0.3, -0.25) is 14.6 Å². The Balaban J connectivity index is 1.50. The lowest BCUT2D eigenvalue weighted by molar-refractivity contribution is 0.0950. The molecule has 0 bridgehead atoms. The van der Waals surface area contributed by atoms with Crippen molar-refractivity contribution in [2.75, 3.05) is 6.54 Å². The van der Waals surface area contributed by atoms with E-state index in [9.17, 15) is 9.59 Å². The van der Waals surface area contributed by atoms with E-state index < -0.39 is 0 Å². The monoisotopic (exact) mass is 387 g/mol. The Bertz CT molecular complexity index is 971. The van der Waals surface area contributed by atoms with E-state index in [1.165, 1.54) is 18.0 Å². The van der Waals surface area contributed by atoms with Crippen molar-refractivity contribution in [2.45, 2.75) is 26.3 Å². The van der Waals surface area contributed by atoms with Gasteiger partial charge in [0.1, 0.15) is 0 Å². The Morgan fingerprint density at radius 2 is 1.52 bits per heavy atom. The van der Waals surface area contributed by atoms with E-state index in [2.05, 4.69) is 27.8 Å². The number of aryl methyl sites for hydroxylation is 2. The molecule has 2 aromatic carbocycles. The summed E-state index contributed by atoms with van der Waals surface area (Å²) in [5, 5.41) is 5.77. The molecule has 148 valence electrons. The number of carbonyl (C=O) groups is 2. The first-order chi connectivity index (χ1) is 14.1. The van der Waals surface area contributed by atoms with Gasteiger partial charge in [0.15, 0.2) is 0 Å². The van der Waals surface area contributed by atoms with Crippen LogP contribution in [0, 0.1) is 6.92 Å². The zero-order chi connectivity index (χ0) is 20.5. The molecule has 5 heteroatoms. The fourth-order valence-corrected chi connectivity index (χ4v) is 3.02. The SMILES string of the molecule is Cc1ccccc1CNC(=O)c1cncc(C(=O)NCCCc2ccccc2)c1. The number of rotatable bonds is 8. The fraction of sp³-hybridized carbons (Fsp3) is 0.208. The molecule has 29 heavy (non-hydrogen) atoms. The molecule has 2 N–H and O–H groups in total. The molecule has 0 unspecified atom stereocenters. The summed E-state index contributed by atoms with van der Waals surface area (Å²) in [6.07, 6.45) is 4.70. The molecule has 1 heterocycles. The molecule has 0 fully saturated rings. The van der Waals surface area contributed by atoms with Crippen LogP contribution in [0.25, 0.3) is 0 Å². The van der Waals surface area contributed by atoms with Crippen LogP contribution in [0.2, 0.25) is 0 Å². The van der Waals surface area contributed by atoms with Gasteiger partial charge in [-0.2, -0.15) is 0 Å². The van der Waals surface area contributed by atoms with Gasteiger partial charge in [0.2, 0.25) is 0 Å². The number of carbonyl (C=O) groups excluding carboxylic acids is 2. The van der Waals surface area contributed by atoms with Crippen LogP contribution in [-0.4, -0.2) is 23.3 Å². The Morgan fingerprint density at radius 1 is 0.862 bits per heavy atom. The highest BCUT2D eigenvalue weighted by molar-refractivity contribution is 5.99. The topological polar surface area (TPSA) is 71.1 Å². The van der Waals surface area contributed by atoms with Gasteiger partial charge in [0.25, 0.3) is 11.8 Å². The second-order valence-electron chi connectivity index (χ2n) is 6.92. The number of pyridine rings is 1. The number of nitrogens with one attached hydrogen (secondary N) is 2. The number of aromatic nitrogens is 1. The predicted octanol–water partition coefficient (Wildman–Crippen LogP) is 3.68. The molecule has 0 atom stereocenters. The van der Waals surface area contributed by atoms with Crippen molar-refractivity contribution in [1.82, 2.24) is 15.6 Å². The summed E-state index contributed by atoms with van der Waals surface area (Å²) in [6.45, 7) is 3.00. The van der Waals surface area contributed by atoms with E-state index in [1.54, 1.807) is 6.07 Å². The van der Waals surface area contributed by atoms with Crippen molar-refractivity contribution in [2.24, 2.45) is 0 Å². The maximum absolute atomic E-state index is 12.4. The summed E-state index contributed by atoms with van der Waals surface area (Å²) in [7, 11) is 0. The minimum atomic E-state index is -0.250. The van der Waals surface area contributed by atoms with Crippen LogP contribution in [-0.2, 0) is 13.0 Å². The third-order valence-electron chi connectivity index (χ3n) is 4.73. The number of hydrogen-bond donors (Lipinski definition) is 2. The van der Waals surface area contributed by atoms with E-state index in [4.69, 9.17) is 0 Å². The lowest BCUT2D eigenvalue weighted by Crippen LogP contribution is -2.26. The summed E-state index contributed by atoms with van der Waals surface area (Å²) in [6, 6.07) is 19.6. The Hall–Kier alpha value is -3.47. The van der Waals surface area contributed by atoms with Crippen LogP contribution >= 0.6 is 0 Å². The first-order valence-corrected chi connectivity index (χ1v) is 9.73. The summed E-state index contributed by atoms with van der Waals surface area (Å²) in [5.74, 6) is -0.474. The zero-order valence-corrected chi connectivity index (χ0v) is 16.5. The molecule has 2 amide bonds. The molecule has 3 rings (SSSR count). The van der Waals surface area contributed by atoms with Crippen LogP contribution < -0.4 is 10.6 Å². The molecular formula is C24H25N3O2. The zero-order valence-electron chi connectivity index (χ0n) is 16.5. The second-order valence-corrected chi connectivity index (χ2v) is 6.92. The molecule has 0 spiro atoms. The lowest BCUT2D eigenvalue weighted by atomic mass is 10.1. The predicted molar refractivity (Wildman–Crippen MR) is 114 cm³/mol. The third kappa shape index (κ3) is 6.01. The largest absolute Gasteiger partial charge is 0.352 e. The second kappa shape index (κ2) is 10.2. The van der Waals surface area contributed by atoms with Crippen molar-refractivity contribution in [3.05, 3.63) is 101 Å². The van der Waals surface area contributed by atoms with Crippen LogP contribution in [0.1, 0.15) is 43.8 Å². The number of amides is 2. The van der Waals surface area contributed by atoms with E-state index in [0.29, 0.717) is 24.2 Å². The van der Waals surface area contributed by atoms with E-state index in [0.717, 1.165) is 24.0 Å². The van der Waals surface area contributed by atoms with E-state index in [-0.39, 0.29) is 11.8 Å². The third-order valence-corrected chi connectivity index (χ3v) is 4.73. The Kier molecular flexibility index (Phi) is 7.11. The highest BCUT2D eigenvalue weighted by Gasteiger charge is 2.11. The number of hydrogen-bond acceptors (Lipinski definition) is 3. The van der Waals surface area contributed by atoms with Crippen molar-refractivity contribution in [1.29, 1.82) is 0 Å². The fourth-order valence-electron chi connectivity index (χ4n) is 3.02. The minimum Gasteiger partial charge on any atom is -0.352 e.